The van der Waals surface area contributed by atoms with E-state index in [0.717, 1.165) is 40.7 Å². The lowest BCUT2D eigenvalue weighted by molar-refractivity contribution is -0.133. The summed E-state index contributed by atoms with van der Waals surface area (Å²) in [4.78, 5) is 13.6. The van der Waals surface area contributed by atoms with Gasteiger partial charge in [-0.1, -0.05) is 28.8 Å². The number of nitrogens with zero attached hydrogens (tertiary/aromatic N) is 1. The zero-order valence-electron chi connectivity index (χ0n) is 12.8. The Morgan fingerprint density at radius 3 is 2.92 bits per heavy atom. The first-order valence-corrected chi connectivity index (χ1v) is 8.49. The van der Waals surface area contributed by atoms with Crippen LogP contribution in [0.5, 0.6) is 0 Å². The monoisotopic (exact) mass is 363 g/mol. The van der Waals surface area contributed by atoms with Crippen molar-refractivity contribution in [1.29, 1.82) is 0 Å². The van der Waals surface area contributed by atoms with Crippen molar-refractivity contribution < 1.29 is 14.3 Å². The van der Waals surface area contributed by atoms with Crippen molar-refractivity contribution >= 4 is 34.7 Å². The summed E-state index contributed by atoms with van der Waals surface area (Å²) < 4.78 is 5.22. The number of fused-ring (bicyclic) bond motifs is 2. The molecule has 4 rings (SSSR count). The third kappa shape index (κ3) is 2.37. The number of furan rings is 1. The maximum atomic E-state index is 11.9. The van der Waals surface area contributed by atoms with Crippen LogP contribution in [0.2, 0.25) is 10.0 Å². The van der Waals surface area contributed by atoms with E-state index in [9.17, 15) is 4.79 Å². The van der Waals surface area contributed by atoms with E-state index in [1.54, 1.807) is 17.4 Å². The maximum Gasteiger partial charge on any atom is 0.248 e. The van der Waals surface area contributed by atoms with Crippen LogP contribution in [-0.4, -0.2) is 35.6 Å². The molecule has 0 fully saturated rings. The standard InChI is InChI=1S/C18H15Cl2NO3/c19-15-6-12(11-2-4-24-9-11)17-13(18(15)20)5-10-1-3-21(7-14(10)17)16(23)8-22/h2,4,6,9,22H,1,3,5,7-8H2. The molecule has 0 radical (unpaired) electrons. The van der Waals surface area contributed by atoms with Gasteiger partial charge in [-0.3, -0.25) is 4.79 Å². The first kappa shape index (κ1) is 15.8. The Balaban J connectivity index is 1.86. The molecule has 4 nitrogen and oxygen atoms in total. The van der Waals surface area contributed by atoms with Gasteiger partial charge in [0.2, 0.25) is 5.91 Å². The summed E-state index contributed by atoms with van der Waals surface area (Å²) in [6.45, 7) is 0.647. The zero-order chi connectivity index (χ0) is 16.8. The number of aliphatic hydroxyl groups is 1. The Kier molecular flexibility index (Phi) is 3.91. The van der Waals surface area contributed by atoms with Crippen LogP contribution >= 0.6 is 23.2 Å². The Morgan fingerprint density at radius 2 is 2.21 bits per heavy atom. The minimum atomic E-state index is -0.467. The average molecular weight is 364 g/mol. The molecule has 1 aromatic heterocycles. The van der Waals surface area contributed by atoms with Crippen LogP contribution in [0.3, 0.4) is 0 Å². The summed E-state index contributed by atoms with van der Waals surface area (Å²) in [6, 6.07) is 3.74. The highest BCUT2D eigenvalue weighted by Crippen LogP contribution is 2.47. The van der Waals surface area contributed by atoms with Crippen molar-refractivity contribution in [2.75, 3.05) is 19.7 Å². The summed E-state index contributed by atoms with van der Waals surface area (Å²) in [5.41, 5.74) is 6.38. The van der Waals surface area contributed by atoms with Crippen molar-refractivity contribution in [3.05, 3.63) is 51.4 Å². The topological polar surface area (TPSA) is 53.7 Å². The van der Waals surface area contributed by atoms with Crippen LogP contribution in [0.1, 0.15) is 17.5 Å². The van der Waals surface area contributed by atoms with E-state index < -0.39 is 6.61 Å². The molecular weight excluding hydrogens is 349 g/mol. The number of amides is 1. The molecule has 124 valence electrons. The Labute approximate surface area is 149 Å². The van der Waals surface area contributed by atoms with E-state index >= 15 is 0 Å². The number of carbonyl (C=O) groups is 1. The van der Waals surface area contributed by atoms with Gasteiger partial charge in [-0.25, -0.2) is 0 Å². The summed E-state index contributed by atoms with van der Waals surface area (Å²) in [5.74, 6) is -0.250. The summed E-state index contributed by atoms with van der Waals surface area (Å²) in [6.07, 6.45) is 4.85. The lowest BCUT2D eigenvalue weighted by Gasteiger charge is -2.28. The number of benzene rings is 1. The van der Waals surface area contributed by atoms with E-state index in [0.29, 0.717) is 23.1 Å². The average Bonchev–Trinajstić information content (AvgIpc) is 3.24. The lowest BCUT2D eigenvalue weighted by atomic mass is 9.93. The zero-order valence-corrected chi connectivity index (χ0v) is 14.3. The van der Waals surface area contributed by atoms with Gasteiger partial charge in [0.25, 0.3) is 0 Å². The number of rotatable bonds is 2. The molecule has 0 spiro atoms. The quantitative estimate of drug-likeness (QED) is 0.882. The molecule has 2 aromatic rings. The van der Waals surface area contributed by atoms with E-state index in [1.165, 1.54) is 5.57 Å². The van der Waals surface area contributed by atoms with Gasteiger partial charge in [-0.05, 0) is 47.2 Å². The van der Waals surface area contributed by atoms with Gasteiger partial charge in [0.15, 0.2) is 0 Å². The first-order valence-electron chi connectivity index (χ1n) is 7.73. The number of carbonyl (C=O) groups excluding carboxylic acids is 1. The summed E-state index contributed by atoms with van der Waals surface area (Å²) in [7, 11) is 0. The molecule has 0 saturated carbocycles. The number of aliphatic hydroxyl groups excluding tert-OH is 1. The molecule has 1 aromatic carbocycles. The summed E-state index contributed by atoms with van der Waals surface area (Å²) in [5, 5.41) is 10.2. The fraction of sp³-hybridized carbons (Fsp3) is 0.278. The predicted octanol–water partition coefficient (Wildman–Crippen LogP) is 3.79. The van der Waals surface area contributed by atoms with Crippen molar-refractivity contribution in [1.82, 2.24) is 4.90 Å². The van der Waals surface area contributed by atoms with Crippen LogP contribution in [-0.2, 0) is 11.2 Å². The maximum absolute atomic E-state index is 11.9. The second-order valence-electron chi connectivity index (χ2n) is 6.07. The molecule has 0 saturated heterocycles. The van der Waals surface area contributed by atoms with Crippen LogP contribution in [0.25, 0.3) is 16.7 Å². The minimum absolute atomic E-state index is 0.250. The van der Waals surface area contributed by atoms with E-state index in [1.807, 2.05) is 12.1 Å². The van der Waals surface area contributed by atoms with Gasteiger partial charge in [-0.2, -0.15) is 0 Å². The second-order valence-corrected chi connectivity index (χ2v) is 6.85. The SMILES string of the molecule is O=C(CO)N1CCC2=C(C1)c1c(-c3ccoc3)cc(Cl)c(Cl)c1C2. The molecule has 0 atom stereocenters. The van der Waals surface area contributed by atoms with Crippen LogP contribution < -0.4 is 0 Å². The molecule has 0 unspecified atom stereocenters. The van der Waals surface area contributed by atoms with Crippen LogP contribution in [0.4, 0.5) is 0 Å². The third-order valence-electron chi connectivity index (χ3n) is 4.79. The predicted molar refractivity (Wildman–Crippen MR) is 93.1 cm³/mol. The summed E-state index contributed by atoms with van der Waals surface area (Å²) >= 11 is 12.8. The normalized spacial score (nSPS) is 16.4. The van der Waals surface area contributed by atoms with Gasteiger partial charge in [0.05, 0.1) is 22.6 Å². The van der Waals surface area contributed by atoms with E-state index in [-0.39, 0.29) is 5.91 Å². The largest absolute Gasteiger partial charge is 0.472 e. The van der Waals surface area contributed by atoms with Gasteiger partial charge in [-0.15, -0.1) is 0 Å². The fourth-order valence-corrected chi connectivity index (χ4v) is 4.05. The lowest BCUT2D eigenvalue weighted by Crippen LogP contribution is -2.37. The molecule has 6 heteroatoms. The van der Waals surface area contributed by atoms with Crippen LogP contribution in [0, 0.1) is 0 Å². The molecule has 2 heterocycles. The van der Waals surface area contributed by atoms with Gasteiger partial charge in [0, 0.05) is 18.7 Å². The molecule has 2 aliphatic rings. The Hall–Kier alpha value is -1.75. The molecule has 1 amide bonds. The van der Waals surface area contributed by atoms with E-state index in [2.05, 4.69) is 0 Å². The smallest absolute Gasteiger partial charge is 0.248 e. The third-order valence-corrected chi connectivity index (χ3v) is 5.61. The minimum Gasteiger partial charge on any atom is -0.472 e. The number of halogens is 2. The molecular formula is C18H15Cl2NO3. The first-order chi connectivity index (χ1) is 11.6. The molecule has 1 N–H and O–H groups in total. The van der Waals surface area contributed by atoms with Crippen molar-refractivity contribution in [2.45, 2.75) is 12.8 Å². The highest BCUT2D eigenvalue weighted by molar-refractivity contribution is 6.43. The molecule has 1 aliphatic carbocycles. The van der Waals surface area contributed by atoms with Crippen molar-refractivity contribution in [2.24, 2.45) is 0 Å². The highest BCUT2D eigenvalue weighted by Gasteiger charge is 2.33. The molecule has 24 heavy (non-hydrogen) atoms. The fourth-order valence-electron chi connectivity index (χ4n) is 3.61. The van der Waals surface area contributed by atoms with E-state index in [4.69, 9.17) is 32.7 Å². The number of hydrogen-bond donors (Lipinski definition) is 1. The van der Waals surface area contributed by atoms with Gasteiger partial charge < -0.3 is 14.4 Å². The second kappa shape index (κ2) is 5.96. The number of hydrogen-bond acceptors (Lipinski definition) is 3. The van der Waals surface area contributed by atoms with Crippen LogP contribution in [0.15, 0.2) is 34.6 Å². The molecule has 0 bridgehead atoms. The Bertz CT molecular complexity index is 856. The van der Waals surface area contributed by atoms with Crippen molar-refractivity contribution in [3.63, 3.8) is 0 Å². The molecule has 1 aliphatic heterocycles. The van der Waals surface area contributed by atoms with Gasteiger partial charge in [0.1, 0.15) is 6.61 Å². The Morgan fingerprint density at radius 1 is 1.38 bits per heavy atom. The van der Waals surface area contributed by atoms with Gasteiger partial charge >= 0.3 is 0 Å². The highest BCUT2D eigenvalue weighted by atomic mass is 35.5. The van der Waals surface area contributed by atoms with Crippen molar-refractivity contribution in [3.8, 4) is 11.1 Å².